The van der Waals surface area contributed by atoms with E-state index in [9.17, 15) is 19.8 Å². The van der Waals surface area contributed by atoms with E-state index in [0.717, 1.165) is 45.8 Å². The molecule has 0 aliphatic carbocycles. The Hall–Kier alpha value is -5.64. The Morgan fingerprint density at radius 1 is 1.03 bits per heavy atom. The largest absolute Gasteiger partial charge is 0.507 e. The fourth-order valence-corrected chi connectivity index (χ4v) is 8.99. The highest BCUT2D eigenvalue weighted by molar-refractivity contribution is 7.13. The molecule has 3 N–H and O–H groups in total. The summed E-state index contributed by atoms with van der Waals surface area (Å²) in [5.74, 6) is -0.368. The highest BCUT2D eigenvalue weighted by Gasteiger charge is 2.43. The van der Waals surface area contributed by atoms with Crippen LogP contribution in [0.4, 0.5) is 0 Å². The van der Waals surface area contributed by atoms with Crippen molar-refractivity contribution in [1.82, 2.24) is 40.0 Å². The summed E-state index contributed by atoms with van der Waals surface area (Å²) in [4.78, 5) is 37.0. The first-order valence-corrected chi connectivity index (χ1v) is 20.6. The van der Waals surface area contributed by atoms with Gasteiger partial charge in [-0.25, -0.2) is 4.98 Å². The Balaban J connectivity index is 0.847. The number of phenols is 1. The van der Waals surface area contributed by atoms with E-state index >= 15 is 0 Å². The van der Waals surface area contributed by atoms with E-state index in [1.807, 2.05) is 82.7 Å². The van der Waals surface area contributed by atoms with E-state index in [-0.39, 0.29) is 42.5 Å². The number of rotatable bonds is 13. The van der Waals surface area contributed by atoms with E-state index in [2.05, 4.69) is 41.2 Å². The molecule has 14 nitrogen and oxygen atoms in total. The number of thiazole rings is 1. The van der Waals surface area contributed by atoms with Gasteiger partial charge < -0.3 is 34.3 Å². The van der Waals surface area contributed by atoms with Crippen LogP contribution < -0.4 is 10.1 Å². The number of aliphatic hydroxyl groups is 1. The second-order valence-corrected chi connectivity index (χ2v) is 16.6. The zero-order chi connectivity index (χ0) is 40.7. The monoisotopic (exact) mass is 804 g/mol. The standard InChI is InChI=1S/C43H48N8O6S/c1-24(2)39(43(55)51-22-31(52)18-35(51)42(54)45-25(3)27-10-12-28(13-11-27)40-26(4)44-23-58-40)37-19-38(48-57-37)56-15-14-50-20-30(21-50)34-17-29-16-33(46-47-41(29)49(34)5)32-8-6-7-9-36(32)53/h6-13,16-17,19,23-25,30-31,35,39,52-53H,14-15,18,20-22H2,1-5H3,(H,45,54)/t25-,31+,35-,39+/m0/s1. The first-order valence-electron chi connectivity index (χ1n) is 19.7. The van der Waals surface area contributed by atoms with Gasteiger partial charge in [-0.15, -0.1) is 21.5 Å². The summed E-state index contributed by atoms with van der Waals surface area (Å²) in [6.07, 6.45) is -0.674. The van der Waals surface area contributed by atoms with Gasteiger partial charge in [0.15, 0.2) is 11.4 Å². The number of aromatic hydroxyl groups is 1. The number of nitrogens with one attached hydrogen (secondary N) is 1. The van der Waals surface area contributed by atoms with Crippen LogP contribution in [0, 0.1) is 12.8 Å². The first kappa shape index (κ1) is 39.2. The summed E-state index contributed by atoms with van der Waals surface area (Å²) in [6.45, 7) is 10.6. The van der Waals surface area contributed by atoms with Crippen molar-refractivity contribution in [3.05, 3.63) is 95.0 Å². The maximum absolute atomic E-state index is 14.1. The lowest BCUT2D eigenvalue weighted by atomic mass is 9.91. The number of β-amino-alcohol motifs (C(OH)–C–C–N with tert-alkyl or cyclic N) is 1. The molecule has 302 valence electrons. The highest BCUT2D eigenvalue weighted by atomic mass is 32.1. The van der Waals surface area contributed by atoms with Crippen molar-refractivity contribution < 1.29 is 29.1 Å². The first-order chi connectivity index (χ1) is 27.9. The summed E-state index contributed by atoms with van der Waals surface area (Å²) in [6, 6.07) is 19.8. The molecule has 0 bridgehead atoms. The predicted molar refractivity (Wildman–Crippen MR) is 219 cm³/mol. The molecule has 2 aliphatic heterocycles. The lowest BCUT2D eigenvalue weighted by Crippen LogP contribution is -2.48. The van der Waals surface area contributed by atoms with Gasteiger partial charge in [0.2, 0.25) is 11.8 Å². The molecular formula is C43H48N8O6S. The fourth-order valence-electron chi connectivity index (χ4n) is 8.18. The number of aliphatic hydroxyl groups excluding tert-OH is 1. The number of carbonyl (C=O) groups excluding carboxylic acids is 2. The number of para-hydroxylation sites is 1. The third kappa shape index (κ3) is 7.81. The summed E-state index contributed by atoms with van der Waals surface area (Å²) < 4.78 is 13.8. The van der Waals surface area contributed by atoms with Crippen LogP contribution >= 0.6 is 11.3 Å². The SMILES string of the molecule is Cc1ncsc1-c1ccc([C@H](C)NC(=O)[C@@H]2C[C@@H](O)CN2C(=O)[C@@H](c2cc(OCCN3CC(c4cc5cc(-c6ccccc6O)nnc5n4C)C3)no2)C(C)C)cc1. The molecule has 4 atom stereocenters. The maximum atomic E-state index is 14.1. The van der Waals surface area contributed by atoms with Crippen molar-refractivity contribution in [2.24, 2.45) is 13.0 Å². The van der Waals surface area contributed by atoms with Crippen molar-refractivity contribution in [3.8, 4) is 33.3 Å². The average Bonchev–Trinajstić information content (AvgIpc) is 3.99. The minimum absolute atomic E-state index is 0.0528. The summed E-state index contributed by atoms with van der Waals surface area (Å²) in [5.41, 5.74) is 8.05. The lowest BCUT2D eigenvalue weighted by molar-refractivity contribution is -0.141. The number of ether oxygens (including phenoxy) is 1. The summed E-state index contributed by atoms with van der Waals surface area (Å²) >= 11 is 1.59. The molecule has 6 heterocycles. The molecule has 2 aromatic carbocycles. The summed E-state index contributed by atoms with van der Waals surface area (Å²) in [7, 11) is 2.00. The molecule has 0 unspecified atom stereocenters. The second kappa shape index (κ2) is 16.3. The van der Waals surface area contributed by atoms with Gasteiger partial charge in [0.05, 0.1) is 33.9 Å². The number of fused-ring (bicyclic) bond motifs is 1. The number of carbonyl (C=O) groups is 2. The fraction of sp³-hybridized carbons (Fsp3) is 0.395. The number of likely N-dealkylation sites (tertiary alicyclic amines) is 2. The van der Waals surface area contributed by atoms with Gasteiger partial charge in [-0.05, 0) is 60.3 Å². The Morgan fingerprint density at radius 3 is 2.53 bits per heavy atom. The van der Waals surface area contributed by atoms with Crippen LogP contribution in [0.1, 0.15) is 67.8 Å². The van der Waals surface area contributed by atoms with Crippen LogP contribution in [-0.4, -0.2) is 102 Å². The maximum Gasteiger partial charge on any atom is 0.254 e. The molecule has 2 amide bonds. The number of benzene rings is 2. The van der Waals surface area contributed by atoms with Gasteiger partial charge in [0.1, 0.15) is 24.3 Å². The highest BCUT2D eigenvalue weighted by Crippen LogP contribution is 2.35. The van der Waals surface area contributed by atoms with Crippen molar-refractivity contribution in [2.45, 2.75) is 64.1 Å². The second-order valence-electron chi connectivity index (χ2n) is 15.8. The van der Waals surface area contributed by atoms with Gasteiger partial charge in [0, 0.05) is 68.3 Å². The average molecular weight is 805 g/mol. The zero-order valence-corrected chi connectivity index (χ0v) is 34.0. The van der Waals surface area contributed by atoms with E-state index < -0.39 is 18.1 Å². The van der Waals surface area contributed by atoms with E-state index in [1.54, 1.807) is 29.5 Å². The number of phenolic OH excluding ortho intramolecular Hbond substituents is 1. The van der Waals surface area contributed by atoms with E-state index in [1.165, 1.54) is 10.6 Å². The smallest absolute Gasteiger partial charge is 0.254 e. The van der Waals surface area contributed by atoms with Crippen LogP contribution in [0.3, 0.4) is 0 Å². The number of hydrogen-bond donors (Lipinski definition) is 3. The molecule has 0 saturated carbocycles. The Bertz CT molecular complexity index is 2420. The molecule has 15 heteroatoms. The Kier molecular flexibility index (Phi) is 11.0. The van der Waals surface area contributed by atoms with Crippen LogP contribution in [0.2, 0.25) is 0 Å². The molecule has 58 heavy (non-hydrogen) atoms. The molecule has 2 aliphatic rings. The van der Waals surface area contributed by atoms with Gasteiger partial charge in [-0.1, -0.05) is 50.2 Å². The van der Waals surface area contributed by atoms with Gasteiger partial charge in [-0.2, -0.15) is 0 Å². The predicted octanol–water partition coefficient (Wildman–Crippen LogP) is 5.82. The molecule has 4 aromatic heterocycles. The third-order valence-corrected chi connectivity index (χ3v) is 12.4. The normalized spacial score (nSPS) is 18.4. The summed E-state index contributed by atoms with van der Waals surface area (Å²) in [5, 5.41) is 37.9. The topological polar surface area (TPSA) is 172 Å². The van der Waals surface area contributed by atoms with Crippen molar-refractivity contribution in [1.29, 1.82) is 0 Å². The van der Waals surface area contributed by atoms with Crippen LogP contribution in [-0.2, 0) is 16.6 Å². The van der Waals surface area contributed by atoms with Crippen molar-refractivity contribution >= 4 is 34.2 Å². The van der Waals surface area contributed by atoms with Crippen molar-refractivity contribution in [3.63, 3.8) is 0 Å². The van der Waals surface area contributed by atoms with Gasteiger partial charge in [0.25, 0.3) is 5.88 Å². The number of hydrogen-bond acceptors (Lipinski definition) is 12. The van der Waals surface area contributed by atoms with E-state index in [4.69, 9.17) is 9.26 Å². The molecule has 8 rings (SSSR count). The van der Waals surface area contributed by atoms with Crippen LogP contribution in [0.15, 0.2) is 76.8 Å². The minimum atomic E-state index is -0.826. The molecule has 0 radical (unpaired) electrons. The zero-order valence-electron chi connectivity index (χ0n) is 33.2. The molecule has 2 fully saturated rings. The number of aromatic nitrogens is 5. The van der Waals surface area contributed by atoms with Crippen LogP contribution in [0.25, 0.3) is 32.7 Å². The molecule has 6 aromatic rings. The Morgan fingerprint density at radius 2 is 1.81 bits per heavy atom. The quantitative estimate of drug-likeness (QED) is 0.129. The molecule has 0 spiro atoms. The van der Waals surface area contributed by atoms with Crippen molar-refractivity contribution in [2.75, 3.05) is 32.8 Å². The minimum Gasteiger partial charge on any atom is -0.507 e. The molecule has 2 saturated heterocycles. The van der Waals surface area contributed by atoms with Gasteiger partial charge in [-0.3, -0.25) is 14.5 Å². The number of aryl methyl sites for hydroxylation is 2. The number of nitrogens with zero attached hydrogens (tertiary/aromatic N) is 7. The molecular weight excluding hydrogens is 757 g/mol. The lowest BCUT2D eigenvalue weighted by Gasteiger charge is -2.39. The third-order valence-electron chi connectivity index (χ3n) is 11.4. The van der Waals surface area contributed by atoms with E-state index in [0.29, 0.717) is 42.0 Å². The number of amides is 2. The van der Waals surface area contributed by atoms with Gasteiger partial charge >= 0.3 is 0 Å². The Labute approximate surface area is 340 Å². The van der Waals surface area contributed by atoms with Crippen LogP contribution in [0.5, 0.6) is 11.6 Å².